The van der Waals surface area contributed by atoms with E-state index in [0.29, 0.717) is 0 Å². The number of hydrogen-bond donors (Lipinski definition) is 0. The van der Waals surface area contributed by atoms with Crippen LogP contribution < -0.4 is 43.1 Å². The Morgan fingerprint density at radius 3 is 1.34 bits per heavy atom. The van der Waals surface area contributed by atoms with Gasteiger partial charge in [-0.2, -0.15) is 0 Å². The van der Waals surface area contributed by atoms with Gasteiger partial charge in [-0.25, -0.2) is 9.13 Å². The molecule has 0 spiro atoms. The SMILES string of the molecule is Cc1c2c(cc[n+]1CCCCCC[n+]1ccc3c4ccccc4n(C)c3c1C)c1ccccc1n2C.[Br-].[Br-]. The fourth-order valence-corrected chi connectivity index (χ4v) is 6.28. The standard InChI is InChI=1S/C32H36N4.2BrH/c1-23-31-27(25-13-7-9-15-29(25)33(31)3)17-21-35(23)19-11-5-6-12-20-36-22-18-28-26-14-8-10-16-30(26)34(4)32(28)24(36)2;;/h7-10,13-18,21-22H,5-6,11-12,19-20H2,1-4H3;2*1H/q+2;;/p-2. The Kier molecular flexibility index (Phi) is 8.63. The molecule has 38 heavy (non-hydrogen) atoms. The van der Waals surface area contributed by atoms with E-state index >= 15 is 0 Å². The van der Waals surface area contributed by atoms with Crippen LogP contribution in [0.15, 0.2) is 73.1 Å². The lowest BCUT2D eigenvalue weighted by Crippen LogP contribution is -3.00. The number of hydrogen-bond acceptors (Lipinski definition) is 0. The van der Waals surface area contributed by atoms with Crippen molar-refractivity contribution in [3.63, 3.8) is 0 Å². The van der Waals surface area contributed by atoms with Crippen LogP contribution in [0.4, 0.5) is 0 Å². The highest BCUT2D eigenvalue weighted by atomic mass is 79.9. The molecule has 0 aliphatic rings. The Hall–Kier alpha value is -2.70. The van der Waals surface area contributed by atoms with Crippen LogP contribution in [0.3, 0.4) is 0 Å². The average molecular weight is 636 g/mol. The molecule has 0 aliphatic heterocycles. The summed E-state index contributed by atoms with van der Waals surface area (Å²) < 4.78 is 9.58. The van der Waals surface area contributed by atoms with Crippen LogP contribution >= 0.6 is 0 Å². The van der Waals surface area contributed by atoms with Crippen LogP contribution in [0.2, 0.25) is 0 Å². The second kappa shape index (κ2) is 11.6. The summed E-state index contributed by atoms with van der Waals surface area (Å²) in [6, 6.07) is 22.0. The Labute approximate surface area is 246 Å². The Morgan fingerprint density at radius 2 is 0.921 bits per heavy atom. The van der Waals surface area contributed by atoms with Gasteiger partial charge in [0, 0.05) is 85.5 Å². The van der Waals surface area contributed by atoms with Crippen LogP contribution in [-0.4, -0.2) is 9.13 Å². The van der Waals surface area contributed by atoms with E-state index in [1.807, 2.05) is 0 Å². The third kappa shape index (κ3) is 4.66. The lowest BCUT2D eigenvalue weighted by molar-refractivity contribution is -0.703. The molecule has 0 unspecified atom stereocenters. The zero-order chi connectivity index (χ0) is 24.8. The van der Waals surface area contributed by atoms with E-state index in [0.717, 1.165) is 13.1 Å². The molecule has 6 rings (SSSR count). The molecule has 0 atom stereocenters. The van der Waals surface area contributed by atoms with Gasteiger partial charge in [-0.05, 0) is 25.0 Å². The summed E-state index contributed by atoms with van der Waals surface area (Å²) in [4.78, 5) is 0. The van der Waals surface area contributed by atoms with Crippen molar-refractivity contribution in [2.75, 3.05) is 0 Å². The summed E-state index contributed by atoms with van der Waals surface area (Å²) >= 11 is 0. The van der Waals surface area contributed by atoms with Crippen molar-refractivity contribution in [3.8, 4) is 0 Å². The Balaban J connectivity index is 0.00000168. The average Bonchev–Trinajstić information content (AvgIpc) is 3.36. The van der Waals surface area contributed by atoms with Crippen LogP contribution in [0.5, 0.6) is 0 Å². The molecule has 2 aromatic carbocycles. The first-order chi connectivity index (χ1) is 17.6. The third-order valence-electron chi connectivity index (χ3n) is 8.23. The molecule has 6 heteroatoms. The Bertz CT molecular complexity index is 1620. The molecule has 0 aliphatic carbocycles. The van der Waals surface area contributed by atoms with Gasteiger partial charge >= 0.3 is 0 Å². The van der Waals surface area contributed by atoms with E-state index in [1.165, 1.54) is 80.7 Å². The maximum absolute atomic E-state index is 2.44. The smallest absolute Gasteiger partial charge is 0.202 e. The van der Waals surface area contributed by atoms with Crippen molar-refractivity contribution in [1.29, 1.82) is 0 Å². The number of aryl methyl sites for hydroxylation is 6. The van der Waals surface area contributed by atoms with E-state index < -0.39 is 0 Å². The molecule has 6 aromatic rings. The molecule has 0 N–H and O–H groups in total. The lowest BCUT2D eigenvalue weighted by Gasteiger charge is -2.05. The highest BCUT2D eigenvalue weighted by Gasteiger charge is 2.18. The summed E-state index contributed by atoms with van der Waals surface area (Å²) in [5, 5.41) is 5.41. The Morgan fingerprint density at radius 1 is 0.526 bits per heavy atom. The zero-order valence-electron chi connectivity index (χ0n) is 22.7. The fourth-order valence-electron chi connectivity index (χ4n) is 6.28. The van der Waals surface area contributed by atoms with Gasteiger partial charge < -0.3 is 43.1 Å². The number of rotatable bonds is 7. The zero-order valence-corrected chi connectivity index (χ0v) is 25.9. The van der Waals surface area contributed by atoms with Crippen molar-refractivity contribution >= 4 is 43.6 Å². The molecule has 0 fully saturated rings. The minimum atomic E-state index is 0. The van der Waals surface area contributed by atoms with Gasteiger partial charge in [-0.3, -0.25) is 0 Å². The van der Waals surface area contributed by atoms with Gasteiger partial charge in [0.25, 0.3) is 0 Å². The second-order valence-corrected chi connectivity index (χ2v) is 10.3. The number of aromatic nitrogens is 4. The molecule has 0 radical (unpaired) electrons. The number of pyridine rings is 2. The number of benzene rings is 2. The van der Waals surface area contributed by atoms with Gasteiger partial charge in [0.15, 0.2) is 12.4 Å². The molecule has 0 bridgehead atoms. The fraction of sp³-hybridized carbons (Fsp3) is 0.312. The van der Waals surface area contributed by atoms with Crippen molar-refractivity contribution in [1.82, 2.24) is 9.13 Å². The van der Waals surface area contributed by atoms with Crippen LogP contribution in [0.1, 0.15) is 37.1 Å². The first kappa shape index (κ1) is 28.3. The monoisotopic (exact) mass is 634 g/mol. The summed E-state index contributed by atoms with van der Waals surface area (Å²) in [7, 11) is 4.38. The van der Waals surface area contributed by atoms with E-state index in [9.17, 15) is 0 Å². The minimum Gasteiger partial charge on any atom is -1.00 e. The number of fused-ring (bicyclic) bond motifs is 6. The number of para-hydroxylation sites is 2. The van der Waals surface area contributed by atoms with Gasteiger partial charge in [0.05, 0.1) is 0 Å². The van der Waals surface area contributed by atoms with Crippen LogP contribution in [0.25, 0.3) is 43.6 Å². The largest absolute Gasteiger partial charge is 1.00 e. The predicted octanol–water partition coefficient (Wildman–Crippen LogP) is 0.437. The molecule has 4 aromatic heterocycles. The molecule has 0 amide bonds. The second-order valence-electron chi connectivity index (χ2n) is 10.3. The number of nitrogens with zero attached hydrogens (tertiary/aromatic N) is 4. The van der Waals surface area contributed by atoms with E-state index in [4.69, 9.17) is 0 Å². The maximum Gasteiger partial charge on any atom is 0.202 e. The molecule has 0 saturated heterocycles. The van der Waals surface area contributed by atoms with Crippen molar-refractivity contribution in [3.05, 3.63) is 84.4 Å². The molecular formula is C32H36Br2N4. The topological polar surface area (TPSA) is 17.6 Å². The predicted molar refractivity (Wildman–Crippen MR) is 149 cm³/mol. The van der Waals surface area contributed by atoms with Gasteiger partial charge in [-0.1, -0.05) is 36.4 Å². The van der Waals surface area contributed by atoms with E-state index in [-0.39, 0.29) is 34.0 Å². The summed E-state index contributed by atoms with van der Waals surface area (Å²) in [5.41, 5.74) is 8.05. The van der Waals surface area contributed by atoms with E-state index in [2.05, 4.69) is 119 Å². The lowest BCUT2D eigenvalue weighted by atomic mass is 10.1. The van der Waals surface area contributed by atoms with Gasteiger partial charge in [-0.15, -0.1) is 0 Å². The van der Waals surface area contributed by atoms with Gasteiger partial charge in [0.1, 0.15) is 24.1 Å². The highest BCUT2D eigenvalue weighted by Crippen LogP contribution is 2.29. The first-order valence-corrected chi connectivity index (χ1v) is 13.3. The first-order valence-electron chi connectivity index (χ1n) is 13.3. The van der Waals surface area contributed by atoms with Gasteiger partial charge in [0.2, 0.25) is 11.4 Å². The molecule has 4 heterocycles. The quantitative estimate of drug-likeness (QED) is 0.179. The molecular weight excluding hydrogens is 600 g/mol. The maximum atomic E-state index is 2.44. The van der Waals surface area contributed by atoms with E-state index in [1.54, 1.807) is 0 Å². The molecule has 198 valence electrons. The number of halogens is 2. The highest BCUT2D eigenvalue weighted by molar-refractivity contribution is 6.09. The molecule has 0 saturated carbocycles. The van der Waals surface area contributed by atoms with Crippen molar-refractivity contribution in [2.24, 2.45) is 14.1 Å². The normalized spacial score (nSPS) is 11.4. The van der Waals surface area contributed by atoms with Crippen molar-refractivity contribution in [2.45, 2.75) is 52.6 Å². The summed E-state index contributed by atoms with van der Waals surface area (Å²) in [5.74, 6) is 0. The van der Waals surface area contributed by atoms with Crippen LogP contribution in [0, 0.1) is 13.8 Å². The summed E-state index contributed by atoms with van der Waals surface area (Å²) in [6.07, 6.45) is 9.51. The third-order valence-corrected chi connectivity index (χ3v) is 8.23. The van der Waals surface area contributed by atoms with Crippen molar-refractivity contribution < 1.29 is 43.1 Å². The molecule has 4 nitrogen and oxygen atoms in total. The minimum absolute atomic E-state index is 0. The summed E-state index contributed by atoms with van der Waals surface area (Å²) in [6.45, 7) is 6.70. The number of unbranched alkanes of at least 4 members (excludes halogenated alkanes) is 3. The van der Waals surface area contributed by atoms with Crippen LogP contribution in [-0.2, 0) is 27.2 Å².